The van der Waals surface area contributed by atoms with Crippen LogP contribution in [0.25, 0.3) is 10.6 Å². The highest BCUT2D eigenvalue weighted by atomic mass is 32.1. The zero-order valence-corrected chi connectivity index (χ0v) is 16.3. The molecule has 0 bridgehead atoms. The number of aromatic nitrogens is 1. The maximum atomic E-state index is 5.38. The van der Waals surface area contributed by atoms with Crippen molar-refractivity contribution < 1.29 is 4.74 Å². The van der Waals surface area contributed by atoms with Crippen molar-refractivity contribution in [3.8, 4) is 10.6 Å². The maximum Gasteiger partial charge on any atom is 0.123 e. The van der Waals surface area contributed by atoms with Crippen molar-refractivity contribution in [2.75, 3.05) is 26.3 Å². The Balaban J connectivity index is 2.10. The van der Waals surface area contributed by atoms with E-state index in [1.165, 1.54) is 16.1 Å². The van der Waals surface area contributed by atoms with Crippen LogP contribution in [0.4, 0.5) is 0 Å². The molecule has 0 saturated heterocycles. The van der Waals surface area contributed by atoms with E-state index in [1.807, 2.05) is 13.0 Å². The summed E-state index contributed by atoms with van der Waals surface area (Å²) in [6, 6.07) is 10.4. The van der Waals surface area contributed by atoms with Gasteiger partial charge in [-0.25, -0.2) is 4.98 Å². The number of nitrogens with one attached hydrogen (secondary N) is 2. The zero-order chi connectivity index (χ0) is 17.9. The highest BCUT2D eigenvalue weighted by molar-refractivity contribution is 7.15. The summed E-state index contributed by atoms with van der Waals surface area (Å²) in [5.41, 5.74) is 3.54. The van der Waals surface area contributed by atoms with E-state index in [9.17, 15) is 0 Å². The lowest BCUT2D eigenvalue weighted by atomic mass is 10.2. The Morgan fingerprint density at radius 1 is 1.24 bits per heavy atom. The quantitative estimate of drug-likeness (QED) is 0.596. The van der Waals surface area contributed by atoms with Crippen LogP contribution >= 0.6 is 11.3 Å². The molecule has 2 aromatic rings. The van der Waals surface area contributed by atoms with Crippen LogP contribution in [-0.2, 0) is 17.7 Å². The fourth-order valence-corrected chi connectivity index (χ4v) is 3.52. The molecule has 0 amide bonds. The van der Waals surface area contributed by atoms with Gasteiger partial charge in [0.15, 0.2) is 0 Å². The van der Waals surface area contributed by atoms with Crippen molar-refractivity contribution in [2.24, 2.45) is 0 Å². The van der Waals surface area contributed by atoms with Crippen molar-refractivity contribution in [1.82, 2.24) is 15.6 Å². The molecule has 4 nitrogen and oxygen atoms in total. The molecule has 0 saturated carbocycles. The van der Waals surface area contributed by atoms with Crippen LogP contribution in [0, 0.1) is 0 Å². The van der Waals surface area contributed by atoms with Crippen molar-refractivity contribution in [3.05, 3.63) is 52.7 Å². The Morgan fingerprint density at radius 2 is 2.04 bits per heavy atom. The van der Waals surface area contributed by atoms with E-state index in [2.05, 4.69) is 54.8 Å². The number of thiazole rings is 1. The second-order valence-electron chi connectivity index (χ2n) is 5.75. The number of rotatable bonds is 11. The predicted octanol–water partition coefficient (Wildman–Crippen LogP) is 3.99. The van der Waals surface area contributed by atoms with Crippen LogP contribution in [-0.4, -0.2) is 31.3 Å². The second-order valence-corrected chi connectivity index (χ2v) is 6.83. The van der Waals surface area contributed by atoms with Gasteiger partial charge in [-0.15, -0.1) is 11.3 Å². The molecular weight excluding hydrogens is 330 g/mol. The van der Waals surface area contributed by atoms with Gasteiger partial charge in [-0.2, -0.15) is 0 Å². The number of hydrogen-bond donors (Lipinski definition) is 2. The molecule has 0 fully saturated rings. The number of ether oxygens (including phenoxy) is 1. The molecule has 0 aliphatic rings. The Labute approximate surface area is 155 Å². The number of hydrogen-bond acceptors (Lipinski definition) is 5. The van der Waals surface area contributed by atoms with Gasteiger partial charge in [0.25, 0.3) is 0 Å². The van der Waals surface area contributed by atoms with Gasteiger partial charge in [0.1, 0.15) is 5.01 Å². The highest BCUT2D eigenvalue weighted by Crippen LogP contribution is 2.28. The van der Waals surface area contributed by atoms with Gasteiger partial charge in [-0.05, 0) is 20.8 Å². The lowest BCUT2D eigenvalue weighted by molar-refractivity contribution is 0.149. The van der Waals surface area contributed by atoms with Gasteiger partial charge in [-0.1, -0.05) is 36.4 Å². The van der Waals surface area contributed by atoms with Crippen molar-refractivity contribution >= 4 is 11.3 Å². The normalized spacial score (nSPS) is 11.7. The third kappa shape index (κ3) is 6.61. The van der Waals surface area contributed by atoms with Crippen molar-refractivity contribution in [2.45, 2.75) is 33.7 Å². The number of allylic oxidation sites excluding steroid dienone is 2. The first kappa shape index (κ1) is 19.6. The van der Waals surface area contributed by atoms with Gasteiger partial charge in [-0.3, -0.25) is 0 Å². The smallest absolute Gasteiger partial charge is 0.123 e. The minimum atomic E-state index is 0.737. The first-order chi connectivity index (χ1) is 12.2. The van der Waals surface area contributed by atoms with E-state index in [0.29, 0.717) is 0 Å². The molecule has 0 atom stereocenters. The minimum absolute atomic E-state index is 0.737. The predicted molar refractivity (Wildman–Crippen MR) is 107 cm³/mol. The molecule has 25 heavy (non-hydrogen) atoms. The van der Waals surface area contributed by atoms with Crippen LogP contribution in [0.2, 0.25) is 0 Å². The third-order valence-electron chi connectivity index (χ3n) is 3.77. The van der Waals surface area contributed by atoms with Gasteiger partial charge < -0.3 is 15.4 Å². The van der Waals surface area contributed by atoms with E-state index in [0.717, 1.165) is 50.0 Å². The molecule has 0 aliphatic carbocycles. The van der Waals surface area contributed by atoms with E-state index in [4.69, 9.17) is 9.72 Å². The van der Waals surface area contributed by atoms with E-state index in [1.54, 1.807) is 11.3 Å². The average Bonchev–Trinajstić information content (AvgIpc) is 3.04. The van der Waals surface area contributed by atoms with Crippen LogP contribution < -0.4 is 10.6 Å². The topological polar surface area (TPSA) is 46.2 Å². The minimum Gasteiger partial charge on any atom is -0.389 e. The third-order valence-corrected chi connectivity index (χ3v) is 4.94. The van der Waals surface area contributed by atoms with Crippen LogP contribution in [0.3, 0.4) is 0 Å². The summed E-state index contributed by atoms with van der Waals surface area (Å²) in [5.74, 6) is 0. The van der Waals surface area contributed by atoms with Crippen LogP contribution in [0.5, 0.6) is 0 Å². The summed E-state index contributed by atoms with van der Waals surface area (Å²) in [6.45, 7) is 10.3. The summed E-state index contributed by atoms with van der Waals surface area (Å²) >= 11 is 1.79. The fraction of sp³-hybridized carbons (Fsp3) is 0.450. The Kier molecular flexibility index (Phi) is 8.66. The molecule has 2 rings (SSSR count). The molecule has 5 heteroatoms. The average molecular weight is 360 g/mol. The number of nitrogens with zero attached hydrogens (tertiary/aromatic N) is 1. The second kappa shape index (κ2) is 11.0. The number of benzene rings is 1. The maximum absolute atomic E-state index is 5.38. The summed E-state index contributed by atoms with van der Waals surface area (Å²) in [4.78, 5) is 6.21. The molecule has 0 spiro atoms. The SMILES string of the molecule is CCN/C(C)=C\Cc1sc(-c2ccccc2)nc1CNCCOCC. The molecule has 136 valence electrons. The van der Waals surface area contributed by atoms with Crippen molar-refractivity contribution in [1.29, 1.82) is 0 Å². The molecule has 0 unspecified atom stereocenters. The molecular formula is C20H29N3OS. The first-order valence-electron chi connectivity index (χ1n) is 8.97. The summed E-state index contributed by atoms with van der Waals surface area (Å²) in [6.07, 6.45) is 3.15. The summed E-state index contributed by atoms with van der Waals surface area (Å²) in [5, 5.41) is 7.88. The standard InChI is InChI=1S/C20H29N3OS/c1-4-22-16(3)11-12-19-18(15-21-13-14-24-5-2)23-20(25-19)17-9-7-6-8-10-17/h6-11,21-22H,4-5,12-15H2,1-3H3/b16-11-. The lowest BCUT2D eigenvalue weighted by Gasteiger charge is -2.05. The monoisotopic (exact) mass is 359 g/mol. The molecule has 0 radical (unpaired) electrons. The molecule has 1 aromatic carbocycles. The Hall–Kier alpha value is -1.69. The van der Waals surface area contributed by atoms with Crippen molar-refractivity contribution in [3.63, 3.8) is 0 Å². The van der Waals surface area contributed by atoms with Gasteiger partial charge >= 0.3 is 0 Å². The van der Waals surface area contributed by atoms with E-state index < -0.39 is 0 Å². The van der Waals surface area contributed by atoms with Crippen LogP contribution in [0.1, 0.15) is 31.3 Å². The largest absolute Gasteiger partial charge is 0.389 e. The summed E-state index contributed by atoms with van der Waals surface area (Å²) in [7, 11) is 0. The van der Waals surface area contributed by atoms with Gasteiger partial charge in [0.05, 0.1) is 12.3 Å². The molecule has 0 aliphatic heterocycles. The van der Waals surface area contributed by atoms with E-state index >= 15 is 0 Å². The zero-order valence-electron chi connectivity index (χ0n) is 15.5. The molecule has 1 aromatic heterocycles. The fourth-order valence-electron chi connectivity index (χ4n) is 2.48. The van der Waals surface area contributed by atoms with Gasteiger partial charge in [0.2, 0.25) is 0 Å². The molecule has 2 N–H and O–H groups in total. The summed E-state index contributed by atoms with van der Waals surface area (Å²) < 4.78 is 5.38. The van der Waals surface area contributed by atoms with E-state index in [-0.39, 0.29) is 0 Å². The Bertz CT molecular complexity index is 652. The van der Waals surface area contributed by atoms with Crippen LogP contribution in [0.15, 0.2) is 42.1 Å². The highest BCUT2D eigenvalue weighted by Gasteiger charge is 2.11. The lowest BCUT2D eigenvalue weighted by Crippen LogP contribution is -2.20. The van der Waals surface area contributed by atoms with Gasteiger partial charge in [0, 0.05) is 48.8 Å². The first-order valence-corrected chi connectivity index (χ1v) is 9.79. The molecule has 1 heterocycles. The Morgan fingerprint density at radius 3 is 2.76 bits per heavy atom.